The lowest BCUT2D eigenvalue weighted by Crippen LogP contribution is -2.03. The van der Waals surface area contributed by atoms with Crippen LogP contribution in [0.1, 0.15) is 21.8 Å². The van der Waals surface area contributed by atoms with Gasteiger partial charge in [0.05, 0.1) is 17.9 Å². The summed E-state index contributed by atoms with van der Waals surface area (Å²) >= 11 is 5.30. The molecule has 0 unspecified atom stereocenters. The molecule has 104 valence electrons. The Bertz CT molecular complexity index is 773. The van der Waals surface area contributed by atoms with E-state index < -0.39 is 0 Å². The first-order chi connectivity index (χ1) is 9.54. The number of hydrogen-bond acceptors (Lipinski definition) is 3. The molecular formula is C15H16BrN3S. The summed E-state index contributed by atoms with van der Waals surface area (Å²) in [4.78, 5) is 6.97. The second-order valence-electron chi connectivity index (χ2n) is 4.96. The Morgan fingerprint density at radius 2 is 2.10 bits per heavy atom. The lowest BCUT2D eigenvalue weighted by molar-refractivity contribution is 0.991. The highest BCUT2D eigenvalue weighted by molar-refractivity contribution is 9.10. The second-order valence-corrected chi connectivity index (χ2v) is 7.02. The smallest absolute Gasteiger partial charge is 0.194 e. The molecule has 1 N–H and O–H groups in total. The SMILES string of the molecule is Cc1cn2c(CNc3ccc(C)c(Br)c3)c(C)nc2s1. The lowest BCUT2D eigenvalue weighted by atomic mass is 10.2. The van der Waals surface area contributed by atoms with Crippen LogP contribution in [0.15, 0.2) is 28.9 Å². The van der Waals surface area contributed by atoms with Gasteiger partial charge in [-0.2, -0.15) is 0 Å². The molecule has 0 aliphatic rings. The van der Waals surface area contributed by atoms with Crippen LogP contribution in [0, 0.1) is 20.8 Å². The fraction of sp³-hybridized carbons (Fsp3) is 0.267. The van der Waals surface area contributed by atoms with E-state index in [9.17, 15) is 0 Å². The standard InChI is InChI=1S/C15H16BrN3S/c1-9-4-5-12(6-13(9)16)17-7-14-11(3)18-15-19(14)8-10(2)20-15/h4-6,8,17H,7H2,1-3H3. The number of aromatic nitrogens is 2. The summed E-state index contributed by atoms with van der Waals surface area (Å²) < 4.78 is 3.31. The topological polar surface area (TPSA) is 29.3 Å². The number of rotatable bonds is 3. The molecule has 2 heterocycles. The van der Waals surface area contributed by atoms with Crippen LogP contribution in [-0.2, 0) is 6.54 Å². The van der Waals surface area contributed by atoms with Crippen LogP contribution >= 0.6 is 27.3 Å². The van der Waals surface area contributed by atoms with Crippen molar-refractivity contribution in [2.45, 2.75) is 27.3 Å². The first kappa shape index (κ1) is 13.6. The Morgan fingerprint density at radius 1 is 1.30 bits per heavy atom. The van der Waals surface area contributed by atoms with Gasteiger partial charge in [0, 0.05) is 21.2 Å². The fourth-order valence-corrected chi connectivity index (χ4v) is 3.48. The molecule has 0 bridgehead atoms. The molecule has 5 heteroatoms. The van der Waals surface area contributed by atoms with Gasteiger partial charge in [0.1, 0.15) is 0 Å². The molecule has 0 fully saturated rings. The molecule has 1 aromatic carbocycles. The zero-order valence-electron chi connectivity index (χ0n) is 11.7. The molecule has 0 atom stereocenters. The van der Waals surface area contributed by atoms with E-state index in [1.165, 1.54) is 16.1 Å². The van der Waals surface area contributed by atoms with E-state index >= 15 is 0 Å². The minimum atomic E-state index is 0.776. The minimum Gasteiger partial charge on any atom is -0.379 e. The van der Waals surface area contributed by atoms with Crippen molar-refractivity contribution in [3.8, 4) is 0 Å². The van der Waals surface area contributed by atoms with Gasteiger partial charge in [0.25, 0.3) is 0 Å². The number of nitrogens with one attached hydrogen (secondary N) is 1. The van der Waals surface area contributed by atoms with Gasteiger partial charge >= 0.3 is 0 Å². The Labute approximate surface area is 130 Å². The van der Waals surface area contributed by atoms with E-state index in [1.807, 2.05) is 0 Å². The van der Waals surface area contributed by atoms with Crippen LogP contribution in [0.25, 0.3) is 4.96 Å². The van der Waals surface area contributed by atoms with E-state index in [2.05, 4.69) is 75.8 Å². The number of hydrogen-bond donors (Lipinski definition) is 1. The van der Waals surface area contributed by atoms with E-state index in [0.717, 1.165) is 27.4 Å². The van der Waals surface area contributed by atoms with Crippen LogP contribution in [0.2, 0.25) is 0 Å². The Morgan fingerprint density at radius 3 is 2.85 bits per heavy atom. The molecule has 3 aromatic rings. The van der Waals surface area contributed by atoms with Crippen molar-refractivity contribution in [2.24, 2.45) is 0 Å². The average molecular weight is 350 g/mol. The van der Waals surface area contributed by atoms with Crippen molar-refractivity contribution < 1.29 is 0 Å². The van der Waals surface area contributed by atoms with Gasteiger partial charge in [-0.25, -0.2) is 4.98 Å². The number of fused-ring (bicyclic) bond motifs is 1. The molecule has 20 heavy (non-hydrogen) atoms. The molecule has 0 saturated carbocycles. The third kappa shape index (κ3) is 2.47. The van der Waals surface area contributed by atoms with Crippen molar-refractivity contribution in [2.75, 3.05) is 5.32 Å². The fourth-order valence-electron chi connectivity index (χ4n) is 2.21. The molecule has 3 nitrogen and oxygen atoms in total. The number of benzene rings is 1. The van der Waals surface area contributed by atoms with Gasteiger partial charge in [-0.15, -0.1) is 11.3 Å². The predicted molar refractivity (Wildman–Crippen MR) is 88.7 cm³/mol. The van der Waals surface area contributed by atoms with Crippen molar-refractivity contribution in [1.82, 2.24) is 9.38 Å². The predicted octanol–water partition coefficient (Wildman–Crippen LogP) is 4.70. The summed E-state index contributed by atoms with van der Waals surface area (Å²) in [7, 11) is 0. The van der Waals surface area contributed by atoms with Crippen molar-refractivity contribution >= 4 is 37.9 Å². The number of thiazole rings is 1. The molecule has 0 radical (unpaired) electrons. The van der Waals surface area contributed by atoms with E-state index in [0.29, 0.717) is 0 Å². The summed E-state index contributed by atoms with van der Waals surface area (Å²) in [5.41, 5.74) is 4.67. The van der Waals surface area contributed by atoms with Crippen LogP contribution in [0.4, 0.5) is 5.69 Å². The van der Waals surface area contributed by atoms with E-state index in [-0.39, 0.29) is 0 Å². The molecular weight excluding hydrogens is 334 g/mol. The van der Waals surface area contributed by atoms with Crippen LogP contribution in [0.3, 0.4) is 0 Å². The Balaban J connectivity index is 1.85. The number of nitrogens with zero attached hydrogens (tertiary/aromatic N) is 2. The second kappa shape index (κ2) is 5.22. The highest BCUT2D eigenvalue weighted by Gasteiger charge is 2.10. The van der Waals surface area contributed by atoms with Gasteiger partial charge < -0.3 is 5.32 Å². The van der Waals surface area contributed by atoms with Crippen molar-refractivity contribution in [3.05, 3.63) is 50.7 Å². The largest absolute Gasteiger partial charge is 0.379 e. The zero-order chi connectivity index (χ0) is 14.3. The summed E-state index contributed by atoms with van der Waals surface area (Å²) in [5.74, 6) is 0. The Kier molecular flexibility index (Phi) is 3.56. The van der Waals surface area contributed by atoms with Gasteiger partial charge in [-0.1, -0.05) is 22.0 Å². The van der Waals surface area contributed by atoms with Crippen LogP contribution < -0.4 is 5.32 Å². The summed E-state index contributed by atoms with van der Waals surface area (Å²) in [6.45, 7) is 7.05. The van der Waals surface area contributed by atoms with Gasteiger partial charge in [-0.3, -0.25) is 4.40 Å². The molecule has 0 aliphatic heterocycles. The van der Waals surface area contributed by atoms with E-state index in [1.54, 1.807) is 11.3 Å². The molecule has 0 amide bonds. The Hall–Kier alpha value is -1.33. The van der Waals surface area contributed by atoms with Gasteiger partial charge in [0.2, 0.25) is 0 Å². The minimum absolute atomic E-state index is 0.776. The maximum absolute atomic E-state index is 4.61. The first-order valence-electron chi connectivity index (χ1n) is 6.48. The summed E-state index contributed by atoms with van der Waals surface area (Å²) in [5, 5.41) is 3.47. The number of imidazole rings is 1. The van der Waals surface area contributed by atoms with Crippen LogP contribution in [0.5, 0.6) is 0 Å². The summed E-state index contributed by atoms with van der Waals surface area (Å²) in [6.07, 6.45) is 2.15. The quantitative estimate of drug-likeness (QED) is 0.742. The summed E-state index contributed by atoms with van der Waals surface area (Å²) in [6, 6.07) is 6.33. The number of halogens is 1. The number of aryl methyl sites for hydroxylation is 3. The highest BCUT2D eigenvalue weighted by Crippen LogP contribution is 2.23. The molecule has 0 saturated heterocycles. The lowest BCUT2D eigenvalue weighted by Gasteiger charge is -2.08. The first-order valence-corrected chi connectivity index (χ1v) is 8.09. The molecule has 0 spiro atoms. The van der Waals surface area contributed by atoms with E-state index in [4.69, 9.17) is 0 Å². The van der Waals surface area contributed by atoms with Crippen molar-refractivity contribution in [1.29, 1.82) is 0 Å². The van der Waals surface area contributed by atoms with Crippen LogP contribution in [-0.4, -0.2) is 9.38 Å². The normalized spacial score (nSPS) is 11.2. The molecule has 2 aromatic heterocycles. The van der Waals surface area contributed by atoms with Gasteiger partial charge in [0.15, 0.2) is 4.96 Å². The van der Waals surface area contributed by atoms with Gasteiger partial charge in [-0.05, 0) is 38.5 Å². The monoisotopic (exact) mass is 349 g/mol. The van der Waals surface area contributed by atoms with Crippen molar-refractivity contribution in [3.63, 3.8) is 0 Å². The third-order valence-electron chi connectivity index (χ3n) is 3.37. The maximum atomic E-state index is 4.61. The highest BCUT2D eigenvalue weighted by atomic mass is 79.9. The number of anilines is 1. The molecule has 0 aliphatic carbocycles. The molecule has 3 rings (SSSR count). The zero-order valence-corrected chi connectivity index (χ0v) is 14.1. The third-order valence-corrected chi connectivity index (χ3v) is 5.13. The maximum Gasteiger partial charge on any atom is 0.194 e. The average Bonchev–Trinajstić information content (AvgIpc) is 2.87.